The molecule has 7 nitrogen and oxygen atoms in total. The third-order valence-electron chi connectivity index (χ3n) is 3.70. The molecule has 0 aromatic carbocycles. The zero-order valence-electron chi connectivity index (χ0n) is 13.7. The fourth-order valence-corrected chi connectivity index (χ4v) is 2.31. The van der Waals surface area contributed by atoms with Gasteiger partial charge in [0, 0.05) is 30.2 Å². The molecular weight excluding hydrogens is 318 g/mol. The van der Waals surface area contributed by atoms with Crippen molar-refractivity contribution >= 4 is 5.91 Å². The molecular formula is C18H17N5O2. The van der Waals surface area contributed by atoms with Gasteiger partial charge in [0.25, 0.3) is 5.56 Å². The van der Waals surface area contributed by atoms with E-state index in [4.69, 9.17) is 0 Å². The smallest absolute Gasteiger partial charge is 0.267 e. The van der Waals surface area contributed by atoms with E-state index in [2.05, 4.69) is 20.4 Å². The Balaban J connectivity index is 1.78. The van der Waals surface area contributed by atoms with E-state index < -0.39 is 6.04 Å². The number of nitrogens with zero attached hydrogens (tertiary/aromatic N) is 4. The maximum Gasteiger partial charge on any atom is 0.267 e. The van der Waals surface area contributed by atoms with Gasteiger partial charge in [0.15, 0.2) is 0 Å². The van der Waals surface area contributed by atoms with Crippen LogP contribution < -0.4 is 10.9 Å². The molecule has 0 bridgehead atoms. The van der Waals surface area contributed by atoms with Crippen molar-refractivity contribution in [3.63, 3.8) is 0 Å². The second kappa shape index (κ2) is 7.48. The SMILES string of the molecule is CC(C(=O)NCc1ccccn1)n1nc(-c2cccnc2)ccc1=O. The molecule has 3 heterocycles. The Bertz CT molecular complexity index is 910. The summed E-state index contributed by atoms with van der Waals surface area (Å²) < 4.78 is 1.18. The molecule has 0 aliphatic carbocycles. The van der Waals surface area contributed by atoms with Gasteiger partial charge >= 0.3 is 0 Å². The van der Waals surface area contributed by atoms with E-state index in [-0.39, 0.29) is 11.5 Å². The highest BCUT2D eigenvalue weighted by atomic mass is 16.2. The van der Waals surface area contributed by atoms with Crippen molar-refractivity contribution in [1.82, 2.24) is 25.1 Å². The van der Waals surface area contributed by atoms with E-state index in [9.17, 15) is 9.59 Å². The van der Waals surface area contributed by atoms with Crippen LogP contribution in [0.5, 0.6) is 0 Å². The number of carbonyl (C=O) groups excluding carboxylic acids is 1. The van der Waals surface area contributed by atoms with Crippen molar-refractivity contribution < 1.29 is 4.79 Å². The molecule has 0 saturated heterocycles. The summed E-state index contributed by atoms with van der Waals surface area (Å²) in [5, 5.41) is 7.08. The molecule has 0 radical (unpaired) electrons. The second-order valence-electron chi connectivity index (χ2n) is 5.46. The molecule has 0 aliphatic heterocycles. The summed E-state index contributed by atoms with van der Waals surface area (Å²) in [5.41, 5.74) is 1.76. The van der Waals surface area contributed by atoms with Crippen LogP contribution in [0.2, 0.25) is 0 Å². The zero-order valence-corrected chi connectivity index (χ0v) is 13.7. The Kier molecular flexibility index (Phi) is 4.94. The average molecular weight is 335 g/mol. The van der Waals surface area contributed by atoms with Gasteiger partial charge < -0.3 is 5.32 Å². The molecule has 1 atom stereocenters. The number of pyridine rings is 2. The van der Waals surface area contributed by atoms with Crippen molar-refractivity contribution in [2.45, 2.75) is 19.5 Å². The lowest BCUT2D eigenvalue weighted by atomic mass is 10.2. The highest BCUT2D eigenvalue weighted by Gasteiger charge is 2.18. The summed E-state index contributed by atoms with van der Waals surface area (Å²) in [6.07, 6.45) is 4.98. The van der Waals surface area contributed by atoms with Gasteiger partial charge in [0.2, 0.25) is 5.91 Å². The van der Waals surface area contributed by atoms with Crippen molar-refractivity contribution in [3.05, 3.63) is 77.1 Å². The molecule has 3 aromatic rings. The number of hydrogen-bond donors (Lipinski definition) is 1. The van der Waals surface area contributed by atoms with E-state index >= 15 is 0 Å². The van der Waals surface area contributed by atoms with Crippen LogP contribution in [0.4, 0.5) is 0 Å². The maximum absolute atomic E-state index is 12.4. The fraction of sp³-hybridized carbons (Fsp3) is 0.167. The molecule has 0 aliphatic rings. The molecule has 0 fully saturated rings. The number of nitrogens with one attached hydrogen (secondary N) is 1. The molecule has 1 amide bonds. The van der Waals surface area contributed by atoms with Crippen LogP contribution in [0.3, 0.4) is 0 Å². The Hall–Kier alpha value is -3.35. The number of aromatic nitrogens is 4. The van der Waals surface area contributed by atoms with Gasteiger partial charge in [-0.25, -0.2) is 4.68 Å². The van der Waals surface area contributed by atoms with Gasteiger partial charge in [0.1, 0.15) is 6.04 Å². The molecule has 7 heteroatoms. The summed E-state index contributed by atoms with van der Waals surface area (Å²) in [6.45, 7) is 1.93. The average Bonchev–Trinajstić information content (AvgIpc) is 2.67. The first-order chi connectivity index (χ1) is 12.1. The maximum atomic E-state index is 12.4. The third-order valence-corrected chi connectivity index (χ3v) is 3.70. The lowest BCUT2D eigenvalue weighted by Gasteiger charge is -2.14. The topological polar surface area (TPSA) is 89.8 Å². The molecule has 126 valence electrons. The minimum absolute atomic E-state index is 0.293. The van der Waals surface area contributed by atoms with Crippen molar-refractivity contribution in [2.75, 3.05) is 0 Å². The largest absolute Gasteiger partial charge is 0.349 e. The molecule has 1 N–H and O–H groups in total. The van der Waals surface area contributed by atoms with Crippen LogP contribution in [-0.2, 0) is 11.3 Å². The summed E-state index contributed by atoms with van der Waals surface area (Å²) in [4.78, 5) is 32.7. The fourth-order valence-electron chi connectivity index (χ4n) is 2.31. The van der Waals surface area contributed by atoms with Crippen molar-refractivity contribution in [3.8, 4) is 11.3 Å². The predicted octanol–water partition coefficient (Wildman–Crippen LogP) is 1.58. The molecule has 1 unspecified atom stereocenters. The van der Waals surface area contributed by atoms with Gasteiger partial charge in [-0.3, -0.25) is 19.6 Å². The van der Waals surface area contributed by atoms with Crippen LogP contribution in [-0.4, -0.2) is 25.7 Å². The molecule has 0 saturated carbocycles. The lowest BCUT2D eigenvalue weighted by molar-refractivity contribution is -0.124. The van der Waals surface area contributed by atoms with E-state index in [0.29, 0.717) is 12.2 Å². The standard InChI is InChI=1S/C18H17N5O2/c1-13(18(25)21-12-15-6-2-3-10-20-15)23-17(24)8-7-16(22-23)14-5-4-9-19-11-14/h2-11,13H,12H2,1H3,(H,21,25). The Morgan fingerprint density at radius 1 is 1.16 bits per heavy atom. The lowest BCUT2D eigenvalue weighted by Crippen LogP contribution is -2.36. The number of carbonyl (C=O) groups is 1. The number of amides is 1. The van der Waals surface area contributed by atoms with E-state index in [1.807, 2.05) is 18.2 Å². The monoisotopic (exact) mass is 335 g/mol. The van der Waals surface area contributed by atoms with Crippen LogP contribution in [0.25, 0.3) is 11.3 Å². The molecule has 3 aromatic heterocycles. The van der Waals surface area contributed by atoms with Crippen LogP contribution >= 0.6 is 0 Å². The van der Waals surface area contributed by atoms with E-state index in [1.165, 1.54) is 10.7 Å². The first-order valence-corrected chi connectivity index (χ1v) is 7.83. The van der Waals surface area contributed by atoms with Crippen LogP contribution in [0.15, 0.2) is 65.8 Å². The minimum atomic E-state index is -0.743. The molecule has 3 rings (SSSR count). The zero-order chi connectivity index (χ0) is 17.6. The van der Waals surface area contributed by atoms with Gasteiger partial charge in [-0.05, 0) is 37.3 Å². The van der Waals surface area contributed by atoms with Crippen molar-refractivity contribution in [1.29, 1.82) is 0 Å². The number of hydrogen-bond acceptors (Lipinski definition) is 5. The van der Waals surface area contributed by atoms with Crippen LogP contribution in [0.1, 0.15) is 18.7 Å². The number of rotatable bonds is 5. The first-order valence-electron chi connectivity index (χ1n) is 7.83. The Morgan fingerprint density at radius 2 is 2.04 bits per heavy atom. The summed E-state index contributed by atoms with van der Waals surface area (Å²) in [7, 11) is 0. The highest BCUT2D eigenvalue weighted by Crippen LogP contribution is 2.14. The molecule has 25 heavy (non-hydrogen) atoms. The Labute approximate surface area is 144 Å². The first kappa shape index (κ1) is 16.5. The summed E-state index contributed by atoms with van der Waals surface area (Å²) >= 11 is 0. The Morgan fingerprint density at radius 3 is 2.76 bits per heavy atom. The second-order valence-corrected chi connectivity index (χ2v) is 5.46. The van der Waals surface area contributed by atoms with E-state index in [0.717, 1.165) is 11.3 Å². The van der Waals surface area contributed by atoms with Gasteiger partial charge in [-0.2, -0.15) is 5.10 Å². The highest BCUT2D eigenvalue weighted by molar-refractivity contribution is 5.79. The summed E-state index contributed by atoms with van der Waals surface area (Å²) in [5.74, 6) is -0.302. The van der Waals surface area contributed by atoms with E-state index in [1.54, 1.807) is 43.7 Å². The predicted molar refractivity (Wildman–Crippen MR) is 92.5 cm³/mol. The third kappa shape index (κ3) is 3.95. The summed E-state index contributed by atoms with van der Waals surface area (Å²) in [6, 6.07) is 11.4. The van der Waals surface area contributed by atoms with Gasteiger partial charge in [-0.15, -0.1) is 0 Å². The van der Waals surface area contributed by atoms with Crippen molar-refractivity contribution in [2.24, 2.45) is 0 Å². The quantitative estimate of drug-likeness (QED) is 0.764. The minimum Gasteiger partial charge on any atom is -0.349 e. The van der Waals surface area contributed by atoms with Gasteiger partial charge in [-0.1, -0.05) is 6.07 Å². The van der Waals surface area contributed by atoms with Crippen LogP contribution in [0, 0.1) is 0 Å². The van der Waals surface area contributed by atoms with Gasteiger partial charge in [0.05, 0.1) is 17.9 Å². The normalized spacial score (nSPS) is 11.7. The molecule has 0 spiro atoms.